The Bertz CT molecular complexity index is 2550. The molecule has 28 heteroatoms. The van der Waals surface area contributed by atoms with Gasteiger partial charge in [0.15, 0.2) is 0 Å². The molecular weight excluding hydrogens is 967 g/mol. The Labute approximate surface area is 377 Å². The van der Waals surface area contributed by atoms with Crippen molar-refractivity contribution in [1.82, 2.24) is 24.9 Å². The molecular formula is C34H38Cl4N7O14PS2. The van der Waals surface area contributed by atoms with E-state index in [4.69, 9.17) is 70.6 Å². The average molecular weight is 1010 g/mol. The Kier molecular flexibility index (Phi) is 20.9. The number of carboxylic acid groups (broad SMARTS) is 1. The Hall–Kier alpha value is -4.68. The van der Waals surface area contributed by atoms with Crippen molar-refractivity contribution < 1.29 is 61.3 Å². The van der Waals surface area contributed by atoms with Crippen LogP contribution in [0.15, 0.2) is 59.8 Å². The Morgan fingerprint density at radius 2 is 1.61 bits per heavy atom. The normalized spacial score (nSPS) is 11.6. The number of nitro benzene ring substituents is 1. The van der Waals surface area contributed by atoms with Crippen molar-refractivity contribution in [2.45, 2.75) is 12.1 Å². The minimum atomic E-state index is -4.35. The van der Waals surface area contributed by atoms with Crippen LogP contribution in [0.25, 0.3) is 5.78 Å². The lowest BCUT2D eigenvalue weighted by Crippen LogP contribution is -2.25. The highest BCUT2D eigenvalue weighted by Crippen LogP contribution is 2.35. The summed E-state index contributed by atoms with van der Waals surface area (Å²) >= 11 is 24.0. The average Bonchev–Trinajstić information content (AvgIpc) is 3.63. The van der Waals surface area contributed by atoms with Gasteiger partial charge >= 0.3 is 11.9 Å². The summed E-state index contributed by atoms with van der Waals surface area (Å²) in [5.41, 5.74) is 0.117. The second kappa shape index (κ2) is 24.2. The highest BCUT2D eigenvalue weighted by atomic mass is 35.5. The molecule has 21 nitrogen and oxygen atoms in total. The van der Waals surface area contributed by atoms with Crippen molar-refractivity contribution >= 4 is 104 Å². The van der Waals surface area contributed by atoms with Crippen molar-refractivity contribution in [1.29, 1.82) is 0 Å². The topological polar surface area (TPSA) is 296 Å². The largest absolute Gasteiger partial charge is 0.778 e. The number of carbonyl (C=O) groups excluding carboxylic acids is 1. The molecule has 0 aliphatic rings. The summed E-state index contributed by atoms with van der Waals surface area (Å²) in [6, 6.07) is 13.0. The van der Waals surface area contributed by atoms with Crippen LogP contribution in [0, 0.1) is 17.0 Å². The molecule has 0 aliphatic carbocycles. The fraction of sp³-hybridized carbons (Fsp3) is 0.265. The van der Waals surface area contributed by atoms with Gasteiger partial charge in [0.05, 0.1) is 84.7 Å². The lowest BCUT2D eigenvalue weighted by molar-refractivity contribution is -0.385. The van der Waals surface area contributed by atoms with Gasteiger partial charge in [-0.3, -0.25) is 24.9 Å². The number of methoxy groups -OCH3 is 3. The predicted octanol–water partition coefficient (Wildman–Crippen LogP) is 5.70. The molecule has 338 valence electrons. The van der Waals surface area contributed by atoms with E-state index in [1.54, 1.807) is 25.1 Å². The lowest BCUT2D eigenvalue weighted by Gasteiger charge is -2.14. The highest BCUT2D eigenvalue weighted by molar-refractivity contribution is 7.94. The Balaban J connectivity index is 0.000000331. The van der Waals surface area contributed by atoms with Crippen molar-refractivity contribution in [3.63, 3.8) is 0 Å². The minimum absolute atomic E-state index is 0.0111. The SMILES string of the molecule is COC(=O)c1cc(Oc2ccc(Cl)cc2Cl)ccc1[N+](=O)[O-].COc1cc(OC)n2nc(S(=O)(=O)Nc3c(Cl)ccc(C)c3Cl)nc2n1.C[S+](C)C.O=C(O)CNCP(=O)([O-])O. The number of benzene rings is 3. The first-order valence-electron chi connectivity index (χ1n) is 16.6. The first kappa shape index (κ1) is 53.5. The Morgan fingerprint density at radius 1 is 0.968 bits per heavy atom. The number of carboxylic acids is 1. The van der Waals surface area contributed by atoms with Gasteiger partial charge in [0.2, 0.25) is 11.8 Å². The molecule has 62 heavy (non-hydrogen) atoms. The zero-order valence-electron chi connectivity index (χ0n) is 33.4. The number of aromatic nitrogens is 4. The molecule has 0 amide bonds. The van der Waals surface area contributed by atoms with E-state index in [9.17, 15) is 37.6 Å². The molecule has 4 N–H and O–H groups in total. The van der Waals surface area contributed by atoms with Crippen LogP contribution >= 0.6 is 54.0 Å². The van der Waals surface area contributed by atoms with E-state index in [0.29, 0.717) is 27.2 Å². The second-order valence-electron chi connectivity index (χ2n) is 12.1. The fourth-order valence-corrected chi connectivity index (χ4v) is 6.48. The molecule has 5 aromatic rings. The number of aryl methyl sites for hydroxylation is 1. The van der Waals surface area contributed by atoms with Gasteiger partial charge in [-0.2, -0.15) is 22.9 Å². The monoisotopic (exact) mass is 1000 g/mol. The molecule has 3 aromatic carbocycles. The summed E-state index contributed by atoms with van der Waals surface area (Å²) in [6.45, 7) is 1.24. The van der Waals surface area contributed by atoms with Crippen molar-refractivity contribution in [2.24, 2.45) is 0 Å². The zero-order chi connectivity index (χ0) is 47.1. The lowest BCUT2D eigenvalue weighted by atomic mass is 10.1. The molecule has 0 fully saturated rings. The summed E-state index contributed by atoms with van der Waals surface area (Å²) in [7, 11) is -3.94. The van der Waals surface area contributed by atoms with Gasteiger partial charge in [-0.1, -0.05) is 52.5 Å². The molecule has 2 aromatic heterocycles. The van der Waals surface area contributed by atoms with E-state index in [2.05, 4.69) is 43.3 Å². The van der Waals surface area contributed by atoms with E-state index < -0.39 is 52.5 Å². The number of esters is 1. The van der Waals surface area contributed by atoms with Gasteiger partial charge < -0.3 is 38.4 Å². The highest BCUT2D eigenvalue weighted by Gasteiger charge is 2.26. The van der Waals surface area contributed by atoms with Crippen LogP contribution in [0.5, 0.6) is 23.3 Å². The smallest absolute Gasteiger partial charge is 0.345 e. The maximum absolute atomic E-state index is 12.7. The van der Waals surface area contributed by atoms with Crippen LogP contribution in [-0.2, 0) is 35.0 Å². The number of nitro groups is 1. The molecule has 0 radical (unpaired) electrons. The van der Waals surface area contributed by atoms with Gasteiger partial charge in [-0.15, -0.1) is 5.10 Å². The number of halogens is 4. The van der Waals surface area contributed by atoms with E-state index in [1.807, 2.05) is 5.32 Å². The number of sulfonamides is 1. The van der Waals surface area contributed by atoms with Gasteiger partial charge in [0.1, 0.15) is 24.7 Å². The maximum atomic E-state index is 12.7. The molecule has 0 saturated carbocycles. The van der Waals surface area contributed by atoms with Gasteiger partial charge in [-0.25, -0.2) is 4.79 Å². The fourth-order valence-electron chi connectivity index (χ4n) is 4.10. The summed E-state index contributed by atoms with van der Waals surface area (Å²) in [5, 5.41) is 25.3. The molecule has 0 aliphatic heterocycles. The number of carbonyl (C=O) groups is 2. The second-order valence-corrected chi connectivity index (χ2v) is 19.3. The molecule has 0 bridgehead atoms. The van der Waals surface area contributed by atoms with Gasteiger partial charge in [0, 0.05) is 17.2 Å². The molecule has 5 rings (SSSR count). The summed E-state index contributed by atoms with van der Waals surface area (Å²) in [6.07, 6.45) is 5.87. The number of nitrogens with one attached hydrogen (secondary N) is 2. The van der Waals surface area contributed by atoms with Crippen LogP contribution in [0.2, 0.25) is 20.1 Å². The number of anilines is 1. The van der Waals surface area contributed by atoms with Gasteiger partial charge in [0.25, 0.3) is 26.6 Å². The number of aliphatic carboxylic acids is 1. The number of ether oxygens (including phenoxy) is 4. The molecule has 1 unspecified atom stereocenters. The molecule has 2 heterocycles. The van der Waals surface area contributed by atoms with Crippen molar-refractivity contribution in [3.05, 3.63) is 95.9 Å². The summed E-state index contributed by atoms with van der Waals surface area (Å²) < 4.78 is 59.0. The molecule has 1 atom stereocenters. The maximum Gasteiger partial charge on any atom is 0.345 e. The summed E-state index contributed by atoms with van der Waals surface area (Å²) in [4.78, 5) is 57.6. The van der Waals surface area contributed by atoms with Crippen LogP contribution in [0.3, 0.4) is 0 Å². The minimum Gasteiger partial charge on any atom is -0.778 e. The van der Waals surface area contributed by atoms with Crippen LogP contribution in [-0.4, -0.2) is 108 Å². The van der Waals surface area contributed by atoms with Crippen molar-refractivity contribution in [3.8, 4) is 23.3 Å². The number of hydrogen-bond donors (Lipinski definition) is 4. The van der Waals surface area contributed by atoms with E-state index >= 15 is 0 Å². The van der Waals surface area contributed by atoms with E-state index in [-0.39, 0.29) is 55.3 Å². The van der Waals surface area contributed by atoms with Crippen LogP contribution < -0.4 is 29.1 Å². The molecule has 0 spiro atoms. The third kappa shape index (κ3) is 16.9. The standard InChI is InChI=1S/C14H13Cl2N5O4S.C14H9Cl2NO5.C3H8NO5P.C3H9S/c1-7-4-5-8(15)12(11(7)16)20-26(22,23)14-18-13-17-9(24-2)6-10(25-3)21(13)19-14;1-21-14(18)10-7-9(3-4-12(10)17(19)20)22-13-5-2-8(15)6-11(13)16;5-3(6)1-4-2-10(7,8)9;1-4(2)3/h4-6,20H,1-3H3;2-7H,1H3;4H,1-2H2,(H,5,6)(H2,7,8,9);1-3H3/q;;;+1/p-1. The molecule has 0 saturated heterocycles. The van der Waals surface area contributed by atoms with Crippen LogP contribution in [0.4, 0.5) is 11.4 Å². The van der Waals surface area contributed by atoms with E-state index in [0.717, 1.165) is 17.7 Å². The first-order valence-corrected chi connectivity index (χ1v) is 23.8. The van der Waals surface area contributed by atoms with E-state index in [1.165, 1.54) is 44.6 Å². The quantitative estimate of drug-likeness (QED) is 0.0362. The first-order chi connectivity index (χ1) is 28.8. The summed E-state index contributed by atoms with van der Waals surface area (Å²) in [5.74, 6) is -1.11. The number of nitrogens with zero attached hydrogens (tertiary/aromatic N) is 5. The van der Waals surface area contributed by atoms with Crippen LogP contribution in [0.1, 0.15) is 15.9 Å². The number of hydrogen-bond acceptors (Lipinski definition) is 16. The zero-order valence-corrected chi connectivity index (χ0v) is 39.0. The predicted molar refractivity (Wildman–Crippen MR) is 232 cm³/mol. The Morgan fingerprint density at radius 3 is 2.15 bits per heavy atom. The number of rotatable bonds is 13. The third-order valence-corrected chi connectivity index (χ3v) is 9.78. The van der Waals surface area contributed by atoms with Gasteiger partial charge in [-0.05, 0) is 53.7 Å². The number of fused-ring (bicyclic) bond motifs is 1. The van der Waals surface area contributed by atoms with Crippen molar-refractivity contribution in [2.75, 3.05) is 57.6 Å². The third-order valence-electron chi connectivity index (χ3n) is 6.70.